The molecule has 2 unspecified atom stereocenters. The van der Waals surface area contributed by atoms with Crippen LogP contribution in [-0.2, 0) is 11.2 Å². The van der Waals surface area contributed by atoms with Gasteiger partial charge < -0.3 is 9.47 Å². The highest BCUT2D eigenvalue weighted by Crippen LogP contribution is 2.38. The summed E-state index contributed by atoms with van der Waals surface area (Å²) in [6.45, 7) is 4.54. The molecule has 2 atom stereocenters. The fourth-order valence-corrected chi connectivity index (χ4v) is 5.76. The predicted octanol–water partition coefficient (Wildman–Crippen LogP) is 8.42. The third kappa shape index (κ3) is 5.96. The summed E-state index contributed by atoms with van der Waals surface area (Å²) in [5, 5.41) is 0. The van der Waals surface area contributed by atoms with Crippen molar-refractivity contribution in [3.05, 3.63) is 65.2 Å². The SMILES string of the molecule is CC=CC1CCC(C2CCC(CCc3ccc(-c4ccc(OCC)c(F)c4F)c(F)c3F)CO2)CC1. The zero-order valence-electron chi connectivity index (χ0n) is 21.2. The van der Waals surface area contributed by atoms with Crippen LogP contribution in [0.3, 0.4) is 0 Å². The highest BCUT2D eigenvalue weighted by atomic mass is 19.2. The average molecular weight is 505 g/mol. The molecule has 4 rings (SSSR count). The van der Waals surface area contributed by atoms with E-state index in [1.807, 2.05) is 0 Å². The van der Waals surface area contributed by atoms with Crippen molar-refractivity contribution in [1.29, 1.82) is 0 Å². The minimum Gasteiger partial charge on any atom is -0.491 e. The molecule has 1 heterocycles. The number of ether oxygens (including phenoxy) is 2. The molecule has 196 valence electrons. The first-order chi connectivity index (χ1) is 17.4. The Morgan fingerprint density at radius 2 is 1.56 bits per heavy atom. The lowest BCUT2D eigenvalue weighted by Crippen LogP contribution is -2.34. The Hall–Kier alpha value is -2.34. The van der Waals surface area contributed by atoms with Crippen LogP contribution in [0.1, 0.15) is 64.4 Å². The molecule has 36 heavy (non-hydrogen) atoms. The van der Waals surface area contributed by atoms with Gasteiger partial charge in [0, 0.05) is 17.7 Å². The van der Waals surface area contributed by atoms with Crippen molar-refractivity contribution in [3.8, 4) is 16.9 Å². The maximum atomic E-state index is 14.9. The quantitative estimate of drug-likeness (QED) is 0.265. The zero-order chi connectivity index (χ0) is 25.7. The predicted molar refractivity (Wildman–Crippen MR) is 134 cm³/mol. The molecule has 1 saturated carbocycles. The lowest BCUT2D eigenvalue weighted by molar-refractivity contribution is -0.0581. The molecule has 1 aliphatic heterocycles. The number of allylic oxidation sites excluding steroid dienone is 2. The summed E-state index contributed by atoms with van der Waals surface area (Å²) in [6.07, 6.45) is 12.8. The van der Waals surface area contributed by atoms with Gasteiger partial charge in [0.15, 0.2) is 23.2 Å². The van der Waals surface area contributed by atoms with Crippen LogP contribution < -0.4 is 4.74 Å². The molecule has 2 fully saturated rings. The zero-order valence-corrected chi connectivity index (χ0v) is 21.2. The van der Waals surface area contributed by atoms with Crippen LogP contribution in [0.5, 0.6) is 5.75 Å². The minimum absolute atomic E-state index is 0.165. The summed E-state index contributed by atoms with van der Waals surface area (Å²) in [7, 11) is 0. The molecular weight excluding hydrogens is 468 g/mol. The van der Waals surface area contributed by atoms with E-state index in [1.165, 1.54) is 49.9 Å². The molecule has 0 spiro atoms. The van der Waals surface area contributed by atoms with E-state index in [0.29, 0.717) is 43.3 Å². The second-order valence-electron chi connectivity index (χ2n) is 10.1. The van der Waals surface area contributed by atoms with E-state index >= 15 is 0 Å². The first-order valence-corrected chi connectivity index (χ1v) is 13.2. The number of hydrogen-bond donors (Lipinski definition) is 0. The number of halogens is 4. The van der Waals surface area contributed by atoms with Crippen LogP contribution in [0.4, 0.5) is 17.6 Å². The fraction of sp³-hybridized carbons (Fsp3) is 0.533. The van der Waals surface area contributed by atoms with E-state index in [4.69, 9.17) is 9.47 Å². The molecule has 2 nitrogen and oxygen atoms in total. The van der Waals surface area contributed by atoms with Gasteiger partial charge in [-0.3, -0.25) is 0 Å². The van der Waals surface area contributed by atoms with Crippen LogP contribution in [0.2, 0.25) is 0 Å². The molecule has 0 radical (unpaired) electrons. The van der Waals surface area contributed by atoms with Crippen LogP contribution in [0.25, 0.3) is 11.1 Å². The third-order valence-corrected chi connectivity index (χ3v) is 7.83. The lowest BCUT2D eigenvalue weighted by Gasteiger charge is -2.37. The standard InChI is InChI=1S/C30H36F4O2/c1-3-5-19-6-10-21(11-7-19)25-16-9-20(18-36-25)8-12-22-13-14-23(28(32)27(22)31)24-15-17-26(35-4-2)30(34)29(24)33/h3,5,13-15,17,19-21,25H,4,6-12,16,18H2,1-2H3. The van der Waals surface area contributed by atoms with Gasteiger partial charge in [-0.15, -0.1) is 0 Å². The molecule has 0 bridgehead atoms. The Kier molecular flexibility index (Phi) is 9.10. The Balaban J connectivity index is 1.33. The second kappa shape index (κ2) is 12.3. The maximum absolute atomic E-state index is 14.9. The number of rotatable bonds is 8. The highest BCUT2D eigenvalue weighted by Gasteiger charge is 2.31. The van der Waals surface area contributed by atoms with Crippen molar-refractivity contribution >= 4 is 0 Å². The number of aryl methyl sites for hydroxylation is 1. The maximum Gasteiger partial charge on any atom is 0.201 e. The van der Waals surface area contributed by atoms with E-state index in [9.17, 15) is 17.6 Å². The van der Waals surface area contributed by atoms with Gasteiger partial charge in [-0.25, -0.2) is 13.2 Å². The smallest absolute Gasteiger partial charge is 0.201 e. The van der Waals surface area contributed by atoms with E-state index in [2.05, 4.69) is 19.1 Å². The normalized spacial score (nSPS) is 24.8. The van der Waals surface area contributed by atoms with Gasteiger partial charge in [-0.05, 0) is 101 Å². The lowest BCUT2D eigenvalue weighted by atomic mass is 9.77. The molecule has 0 N–H and O–H groups in total. The molecule has 2 aliphatic rings. The minimum atomic E-state index is -1.25. The van der Waals surface area contributed by atoms with Gasteiger partial charge in [0.1, 0.15) is 0 Å². The van der Waals surface area contributed by atoms with Crippen LogP contribution in [0, 0.1) is 41.0 Å². The molecule has 1 aliphatic carbocycles. The third-order valence-electron chi connectivity index (χ3n) is 7.83. The van der Waals surface area contributed by atoms with Crippen molar-refractivity contribution in [3.63, 3.8) is 0 Å². The Labute approximate surface area is 211 Å². The molecule has 2 aromatic rings. The summed E-state index contributed by atoms with van der Waals surface area (Å²) in [4.78, 5) is 0. The van der Waals surface area contributed by atoms with Gasteiger partial charge >= 0.3 is 0 Å². The molecule has 1 saturated heterocycles. The van der Waals surface area contributed by atoms with Crippen LogP contribution in [0.15, 0.2) is 36.4 Å². The first-order valence-electron chi connectivity index (χ1n) is 13.2. The Morgan fingerprint density at radius 3 is 2.19 bits per heavy atom. The van der Waals surface area contributed by atoms with E-state index in [0.717, 1.165) is 12.8 Å². The van der Waals surface area contributed by atoms with Crippen molar-refractivity contribution in [2.24, 2.45) is 17.8 Å². The highest BCUT2D eigenvalue weighted by molar-refractivity contribution is 5.66. The average Bonchev–Trinajstić information content (AvgIpc) is 2.89. The Morgan fingerprint density at radius 1 is 0.861 bits per heavy atom. The summed E-state index contributed by atoms with van der Waals surface area (Å²) >= 11 is 0. The van der Waals surface area contributed by atoms with E-state index in [-0.39, 0.29) is 29.0 Å². The molecule has 0 aromatic heterocycles. The first kappa shape index (κ1) is 26.7. The summed E-state index contributed by atoms with van der Waals surface area (Å²) < 4.78 is 69.8. The van der Waals surface area contributed by atoms with Gasteiger partial charge in [-0.1, -0.05) is 24.3 Å². The monoisotopic (exact) mass is 504 g/mol. The molecule has 2 aromatic carbocycles. The topological polar surface area (TPSA) is 18.5 Å². The van der Waals surface area contributed by atoms with Crippen molar-refractivity contribution in [1.82, 2.24) is 0 Å². The van der Waals surface area contributed by atoms with E-state index < -0.39 is 23.3 Å². The molecule has 6 heteroatoms. The Bertz CT molecular complexity index is 1050. The van der Waals surface area contributed by atoms with Gasteiger partial charge in [0.05, 0.1) is 12.7 Å². The summed E-state index contributed by atoms with van der Waals surface area (Å²) in [5.41, 5.74) is -0.387. The van der Waals surface area contributed by atoms with Crippen molar-refractivity contribution < 1.29 is 27.0 Å². The number of hydrogen-bond acceptors (Lipinski definition) is 2. The van der Waals surface area contributed by atoms with Gasteiger partial charge in [0.2, 0.25) is 5.82 Å². The van der Waals surface area contributed by atoms with Gasteiger partial charge in [0.25, 0.3) is 0 Å². The molecular formula is C30H36F4O2. The fourth-order valence-electron chi connectivity index (χ4n) is 5.76. The van der Waals surface area contributed by atoms with Crippen molar-refractivity contribution in [2.75, 3.05) is 13.2 Å². The van der Waals surface area contributed by atoms with Crippen LogP contribution in [-0.4, -0.2) is 19.3 Å². The number of benzene rings is 2. The van der Waals surface area contributed by atoms with Crippen molar-refractivity contribution in [2.45, 2.75) is 71.3 Å². The van der Waals surface area contributed by atoms with E-state index in [1.54, 1.807) is 6.92 Å². The summed E-state index contributed by atoms with van der Waals surface area (Å²) in [5.74, 6) is -3.25. The largest absolute Gasteiger partial charge is 0.491 e. The van der Waals surface area contributed by atoms with Crippen LogP contribution >= 0.6 is 0 Å². The summed E-state index contributed by atoms with van der Waals surface area (Å²) in [6, 6.07) is 5.23. The van der Waals surface area contributed by atoms with Gasteiger partial charge in [-0.2, -0.15) is 4.39 Å². The molecule has 0 amide bonds. The second-order valence-corrected chi connectivity index (χ2v) is 10.1.